The van der Waals surface area contributed by atoms with Crippen LogP contribution in [0.15, 0.2) is 29.2 Å². The molecule has 23 heavy (non-hydrogen) atoms. The normalized spacial score (nSPS) is 16.3. The Morgan fingerprint density at radius 3 is 2.83 bits per heavy atom. The molecule has 0 aliphatic carbocycles. The summed E-state index contributed by atoms with van der Waals surface area (Å²) >= 11 is 7.26. The lowest BCUT2D eigenvalue weighted by Gasteiger charge is -2.16. The first-order chi connectivity index (χ1) is 10.8. The standard InChI is InChI=1S/C16H16ClNO3S2/c1-3-9(2)18-16(19)13-6-10-8-23(20,21)14-7-11(17)4-5-12(14)15(10)22-13/h4-7,9H,3,8H2,1-2H3,(H,18,19). The molecule has 1 aromatic carbocycles. The summed E-state index contributed by atoms with van der Waals surface area (Å²) < 4.78 is 24.9. The lowest BCUT2D eigenvalue weighted by atomic mass is 10.1. The Morgan fingerprint density at radius 1 is 1.39 bits per heavy atom. The monoisotopic (exact) mass is 369 g/mol. The number of carbonyl (C=O) groups is 1. The Labute approximate surface area is 144 Å². The number of hydrogen-bond donors (Lipinski definition) is 1. The third kappa shape index (κ3) is 3.03. The van der Waals surface area contributed by atoms with E-state index in [0.717, 1.165) is 11.3 Å². The van der Waals surface area contributed by atoms with E-state index in [4.69, 9.17) is 11.6 Å². The van der Waals surface area contributed by atoms with Crippen molar-refractivity contribution in [3.63, 3.8) is 0 Å². The van der Waals surface area contributed by atoms with Gasteiger partial charge in [-0.25, -0.2) is 8.42 Å². The molecular weight excluding hydrogens is 354 g/mol. The maximum atomic E-state index is 12.4. The fraction of sp³-hybridized carbons (Fsp3) is 0.312. The minimum atomic E-state index is -3.43. The number of nitrogens with one attached hydrogen (secondary N) is 1. The van der Waals surface area contributed by atoms with Gasteiger partial charge in [0.05, 0.1) is 15.5 Å². The van der Waals surface area contributed by atoms with Gasteiger partial charge >= 0.3 is 0 Å². The van der Waals surface area contributed by atoms with Crippen molar-refractivity contribution in [2.24, 2.45) is 0 Å². The molecule has 1 N–H and O–H groups in total. The molecule has 0 fully saturated rings. The van der Waals surface area contributed by atoms with Crippen LogP contribution >= 0.6 is 22.9 Å². The number of hydrogen-bond acceptors (Lipinski definition) is 4. The summed E-state index contributed by atoms with van der Waals surface area (Å²) in [5.41, 5.74) is 1.31. The van der Waals surface area contributed by atoms with Gasteiger partial charge in [-0.2, -0.15) is 0 Å². The van der Waals surface area contributed by atoms with Gasteiger partial charge in [0.15, 0.2) is 9.84 Å². The molecule has 122 valence electrons. The van der Waals surface area contributed by atoms with Crippen LogP contribution in [0.2, 0.25) is 5.02 Å². The van der Waals surface area contributed by atoms with Gasteiger partial charge in [-0.15, -0.1) is 11.3 Å². The molecule has 0 saturated heterocycles. The van der Waals surface area contributed by atoms with Crippen LogP contribution in [0.5, 0.6) is 0 Å². The van der Waals surface area contributed by atoms with Crippen LogP contribution in [-0.2, 0) is 15.6 Å². The van der Waals surface area contributed by atoms with E-state index in [1.54, 1.807) is 18.2 Å². The maximum Gasteiger partial charge on any atom is 0.261 e. The molecule has 7 heteroatoms. The molecule has 1 amide bonds. The van der Waals surface area contributed by atoms with Crippen molar-refractivity contribution in [2.75, 3.05) is 0 Å². The van der Waals surface area contributed by atoms with Crippen molar-refractivity contribution in [1.82, 2.24) is 5.32 Å². The number of amides is 1. The van der Waals surface area contributed by atoms with E-state index in [2.05, 4.69) is 5.32 Å². The predicted molar refractivity (Wildman–Crippen MR) is 92.9 cm³/mol. The van der Waals surface area contributed by atoms with Crippen LogP contribution in [-0.4, -0.2) is 20.4 Å². The molecule has 1 aromatic heterocycles. The van der Waals surface area contributed by atoms with Crippen LogP contribution in [0.25, 0.3) is 10.4 Å². The van der Waals surface area contributed by atoms with Crippen molar-refractivity contribution in [3.8, 4) is 10.4 Å². The average molecular weight is 370 g/mol. The molecule has 2 heterocycles. The van der Waals surface area contributed by atoms with Crippen LogP contribution in [0.3, 0.4) is 0 Å². The van der Waals surface area contributed by atoms with Gasteiger partial charge < -0.3 is 5.32 Å². The van der Waals surface area contributed by atoms with Gasteiger partial charge in [-0.05, 0) is 37.1 Å². The molecule has 2 aromatic rings. The highest BCUT2D eigenvalue weighted by molar-refractivity contribution is 7.91. The third-order valence-electron chi connectivity index (χ3n) is 3.89. The quantitative estimate of drug-likeness (QED) is 0.892. The second-order valence-electron chi connectivity index (χ2n) is 5.65. The molecule has 0 bridgehead atoms. The number of fused-ring (bicyclic) bond motifs is 3. The van der Waals surface area contributed by atoms with E-state index >= 15 is 0 Å². The van der Waals surface area contributed by atoms with Gasteiger partial charge in [-0.3, -0.25) is 4.79 Å². The van der Waals surface area contributed by atoms with Crippen LogP contribution < -0.4 is 5.32 Å². The summed E-state index contributed by atoms with van der Waals surface area (Å²) in [6.07, 6.45) is 0.840. The zero-order chi connectivity index (χ0) is 16.8. The Kier molecular flexibility index (Phi) is 4.25. The first-order valence-electron chi connectivity index (χ1n) is 7.28. The fourth-order valence-electron chi connectivity index (χ4n) is 2.50. The molecule has 0 radical (unpaired) electrons. The predicted octanol–water partition coefficient (Wildman–Crippen LogP) is 3.88. The van der Waals surface area contributed by atoms with E-state index in [0.29, 0.717) is 21.0 Å². The molecule has 1 aliphatic rings. The summed E-state index contributed by atoms with van der Waals surface area (Å²) in [5.74, 6) is -0.255. The largest absolute Gasteiger partial charge is 0.349 e. The number of benzene rings is 1. The van der Waals surface area contributed by atoms with Gasteiger partial charge in [-0.1, -0.05) is 24.6 Å². The molecule has 1 unspecified atom stereocenters. The SMILES string of the molecule is CCC(C)NC(=O)c1cc2c(s1)-c1ccc(Cl)cc1S(=O)(=O)C2. The molecule has 1 atom stereocenters. The topological polar surface area (TPSA) is 63.2 Å². The van der Waals surface area contributed by atoms with Gasteiger partial charge in [0.1, 0.15) is 0 Å². The summed E-state index contributed by atoms with van der Waals surface area (Å²) in [7, 11) is -3.43. The van der Waals surface area contributed by atoms with E-state index < -0.39 is 9.84 Å². The summed E-state index contributed by atoms with van der Waals surface area (Å²) in [4.78, 5) is 13.9. The molecular formula is C16H16ClNO3S2. The lowest BCUT2D eigenvalue weighted by molar-refractivity contribution is 0.0943. The zero-order valence-electron chi connectivity index (χ0n) is 12.7. The minimum absolute atomic E-state index is 0.0800. The van der Waals surface area contributed by atoms with Crippen molar-refractivity contribution >= 4 is 38.7 Å². The van der Waals surface area contributed by atoms with Crippen molar-refractivity contribution < 1.29 is 13.2 Å². The summed E-state index contributed by atoms with van der Waals surface area (Å²) in [6.45, 7) is 3.93. The molecule has 3 rings (SSSR count). The van der Waals surface area contributed by atoms with E-state index in [1.807, 2.05) is 13.8 Å². The maximum absolute atomic E-state index is 12.4. The van der Waals surface area contributed by atoms with Crippen molar-refractivity contribution in [3.05, 3.63) is 39.7 Å². The smallest absolute Gasteiger partial charge is 0.261 e. The molecule has 0 spiro atoms. The van der Waals surface area contributed by atoms with Gasteiger partial charge in [0, 0.05) is 21.5 Å². The van der Waals surface area contributed by atoms with Crippen LogP contribution in [0, 0.1) is 0 Å². The van der Waals surface area contributed by atoms with Crippen LogP contribution in [0.1, 0.15) is 35.5 Å². The minimum Gasteiger partial charge on any atom is -0.349 e. The second kappa shape index (κ2) is 5.92. The van der Waals surface area contributed by atoms with Gasteiger partial charge in [0.25, 0.3) is 5.91 Å². The number of halogens is 1. The van der Waals surface area contributed by atoms with Crippen molar-refractivity contribution in [1.29, 1.82) is 0 Å². The van der Waals surface area contributed by atoms with E-state index in [1.165, 1.54) is 17.4 Å². The molecule has 0 saturated carbocycles. The number of rotatable bonds is 3. The Bertz CT molecular complexity index is 887. The Hall–Kier alpha value is -1.37. The third-order valence-corrected chi connectivity index (χ3v) is 7.03. The first kappa shape index (κ1) is 16.5. The molecule has 1 aliphatic heterocycles. The highest BCUT2D eigenvalue weighted by atomic mass is 35.5. The average Bonchev–Trinajstić information content (AvgIpc) is 2.90. The number of thiophene rings is 1. The zero-order valence-corrected chi connectivity index (χ0v) is 15.1. The summed E-state index contributed by atoms with van der Waals surface area (Å²) in [6, 6.07) is 6.63. The molecule has 4 nitrogen and oxygen atoms in total. The first-order valence-corrected chi connectivity index (χ1v) is 10.1. The number of carbonyl (C=O) groups excluding carboxylic acids is 1. The van der Waals surface area contributed by atoms with Crippen LogP contribution in [0.4, 0.5) is 0 Å². The lowest BCUT2D eigenvalue weighted by Crippen LogP contribution is -2.31. The van der Waals surface area contributed by atoms with E-state index in [-0.39, 0.29) is 22.6 Å². The highest BCUT2D eigenvalue weighted by Crippen LogP contribution is 2.43. The second-order valence-corrected chi connectivity index (χ2v) is 9.09. The van der Waals surface area contributed by atoms with E-state index in [9.17, 15) is 13.2 Å². The number of sulfone groups is 1. The fourth-order valence-corrected chi connectivity index (χ4v) is 5.62. The van der Waals surface area contributed by atoms with Crippen molar-refractivity contribution in [2.45, 2.75) is 37.0 Å². The Balaban J connectivity index is 2.07. The Morgan fingerprint density at radius 2 is 2.13 bits per heavy atom. The van der Waals surface area contributed by atoms with Gasteiger partial charge in [0.2, 0.25) is 0 Å². The summed E-state index contributed by atoms with van der Waals surface area (Å²) in [5, 5.41) is 3.30. The highest BCUT2D eigenvalue weighted by Gasteiger charge is 2.31.